The second kappa shape index (κ2) is 5.36. The van der Waals surface area contributed by atoms with Gasteiger partial charge >= 0.3 is 0 Å². The van der Waals surface area contributed by atoms with Crippen molar-refractivity contribution in [3.05, 3.63) is 51.8 Å². The molecule has 1 aromatic carbocycles. The molecule has 1 unspecified atom stereocenters. The molecule has 3 N–H and O–H groups in total. The van der Waals surface area contributed by atoms with Gasteiger partial charge in [0.05, 0.1) is 17.3 Å². The molecule has 2 heterocycles. The predicted molar refractivity (Wildman–Crippen MR) is 83.5 cm³/mol. The Kier molecular flexibility index (Phi) is 3.56. The topological polar surface area (TPSA) is 55.9 Å². The SMILES string of the molecule is Cc1ccsc1C(Cc1nn(C)c2ccccc12)NN. The van der Waals surface area contributed by atoms with E-state index in [0.29, 0.717) is 0 Å². The van der Waals surface area contributed by atoms with Gasteiger partial charge in [0.1, 0.15) is 0 Å². The van der Waals surface area contributed by atoms with Gasteiger partial charge < -0.3 is 0 Å². The van der Waals surface area contributed by atoms with Gasteiger partial charge in [-0.3, -0.25) is 16.0 Å². The lowest BCUT2D eigenvalue weighted by molar-refractivity contribution is 0.549. The molecule has 0 aliphatic carbocycles. The highest BCUT2D eigenvalue weighted by Gasteiger charge is 2.18. The molecular formula is C15H18N4S. The van der Waals surface area contributed by atoms with Crippen molar-refractivity contribution in [3.8, 4) is 0 Å². The summed E-state index contributed by atoms with van der Waals surface area (Å²) in [6.45, 7) is 2.12. The van der Waals surface area contributed by atoms with Crippen molar-refractivity contribution >= 4 is 22.2 Å². The van der Waals surface area contributed by atoms with Gasteiger partial charge in [-0.05, 0) is 30.0 Å². The molecule has 0 aliphatic rings. The zero-order valence-corrected chi connectivity index (χ0v) is 12.4. The first-order chi connectivity index (χ1) is 9.70. The molecule has 4 nitrogen and oxygen atoms in total. The van der Waals surface area contributed by atoms with E-state index in [1.165, 1.54) is 15.8 Å². The van der Waals surface area contributed by atoms with Crippen LogP contribution >= 0.6 is 11.3 Å². The fourth-order valence-electron chi connectivity index (χ4n) is 2.60. The third kappa shape index (κ3) is 2.24. The van der Waals surface area contributed by atoms with Gasteiger partial charge in [0.25, 0.3) is 0 Å². The molecule has 2 aromatic heterocycles. The van der Waals surface area contributed by atoms with Crippen molar-refractivity contribution in [1.82, 2.24) is 15.2 Å². The lowest BCUT2D eigenvalue weighted by Crippen LogP contribution is -2.29. The van der Waals surface area contributed by atoms with Crippen molar-refractivity contribution in [2.24, 2.45) is 12.9 Å². The third-order valence-corrected chi connectivity index (χ3v) is 4.78. The summed E-state index contributed by atoms with van der Waals surface area (Å²) < 4.78 is 1.93. The number of aromatic nitrogens is 2. The van der Waals surface area contributed by atoms with E-state index in [4.69, 9.17) is 5.84 Å². The number of para-hydroxylation sites is 1. The first-order valence-electron chi connectivity index (χ1n) is 6.61. The zero-order chi connectivity index (χ0) is 14.1. The number of aryl methyl sites for hydroxylation is 2. The van der Waals surface area contributed by atoms with E-state index in [-0.39, 0.29) is 6.04 Å². The predicted octanol–water partition coefficient (Wildman–Crippen LogP) is 2.69. The zero-order valence-electron chi connectivity index (χ0n) is 11.6. The van der Waals surface area contributed by atoms with Crippen LogP contribution in [0, 0.1) is 6.92 Å². The fourth-order valence-corrected chi connectivity index (χ4v) is 3.59. The van der Waals surface area contributed by atoms with Crippen LogP contribution in [0.25, 0.3) is 10.9 Å². The molecule has 0 saturated carbocycles. The Bertz CT molecular complexity index is 728. The highest BCUT2D eigenvalue weighted by Crippen LogP contribution is 2.28. The van der Waals surface area contributed by atoms with Gasteiger partial charge in [-0.25, -0.2) is 0 Å². The number of benzene rings is 1. The summed E-state index contributed by atoms with van der Waals surface area (Å²) in [5, 5.41) is 7.94. The van der Waals surface area contributed by atoms with Crippen LogP contribution in [0.4, 0.5) is 0 Å². The summed E-state index contributed by atoms with van der Waals surface area (Å²) in [4.78, 5) is 1.28. The molecule has 3 aromatic rings. The van der Waals surface area contributed by atoms with Crippen LogP contribution in [0.1, 0.15) is 22.2 Å². The van der Waals surface area contributed by atoms with Crippen LogP contribution in [0.15, 0.2) is 35.7 Å². The summed E-state index contributed by atoms with van der Waals surface area (Å²) >= 11 is 1.74. The number of rotatable bonds is 4. The highest BCUT2D eigenvalue weighted by atomic mass is 32.1. The second-order valence-corrected chi connectivity index (χ2v) is 5.93. The van der Waals surface area contributed by atoms with Crippen LogP contribution in [0.2, 0.25) is 0 Å². The summed E-state index contributed by atoms with van der Waals surface area (Å²) in [5.41, 5.74) is 6.44. The summed E-state index contributed by atoms with van der Waals surface area (Å²) in [5.74, 6) is 5.75. The Morgan fingerprint density at radius 1 is 1.35 bits per heavy atom. The average Bonchev–Trinajstić information content (AvgIpc) is 3.01. The van der Waals surface area contributed by atoms with Crippen molar-refractivity contribution < 1.29 is 0 Å². The molecule has 0 saturated heterocycles. The van der Waals surface area contributed by atoms with E-state index in [9.17, 15) is 0 Å². The Morgan fingerprint density at radius 2 is 2.15 bits per heavy atom. The minimum atomic E-state index is 0.105. The van der Waals surface area contributed by atoms with Crippen LogP contribution in [0.5, 0.6) is 0 Å². The van der Waals surface area contributed by atoms with E-state index in [2.05, 4.69) is 47.1 Å². The standard InChI is InChI=1S/C15H18N4S/c1-10-7-8-20-15(10)13(17-16)9-12-11-5-3-4-6-14(11)19(2)18-12/h3-8,13,17H,9,16H2,1-2H3. The second-order valence-electron chi connectivity index (χ2n) is 4.98. The Hall–Kier alpha value is -1.69. The van der Waals surface area contributed by atoms with E-state index < -0.39 is 0 Å². The number of nitrogens with zero attached hydrogens (tertiary/aromatic N) is 2. The fraction of sp³-hybridized carbons (Fsp3) is 0.267. The van der Waals surface area contributed by atoms with E-state index in [1.54, 1.807) is 11.3 Å². The van der Waals surface area contributed by atoms with Gasteiger partial charge in [-0.15, -0.1) is 11.3 Å². The number of fused-ring (bicyclic) bond motifs is 1. The van der Waals surface area contributed by atoms with Crippen LogP contribution in [-0.2, 0) is 13.5 Å². The minimum Gasteiger partial charge on any atom is -0.271 e. The van der Waals surface area contributed by atoms with Gasteiger partial charge in [-0.2, -0.15) is 5.10 Å². The maximum atomic E-state index is 5.75. The Morgan fingerprint density at radius 3 is 2.85 bits per heavy atom. The Balaban J connectivity index is 1.98. The number of hydrogen-bond acceptors (Lipinski definition) is 4. The molecule has 104 valence electrons. The third-order valence-electron chi connectivity index (χ3n) is 3.65. The average molecular weight is 286 g/mol. The molecule has 0 spiro atoms. The molecule has 0 amide bonds. The monoisotopic (exact) mass is 286 g/mol. The van der Waals surface area contributed by atoms with Gasteiger partial charge in [0.15, 0.2) is 0 Å². The number of hydrogen-bond donors (Lipinski definition) is 2. The van der Waals surface area contributed by atoms with E-state index >= 15 is 0 Å². The number of nitrogens with two attached hydrogens (primary N) is 1. The van der Waals surface area contributed by atoms with E-state index in [0.717, 1.165) is 17.6 Å². The van der Waals surface area contributed by atoms with Crippen LogP contribution in [0.3, 0.4) is 0 Å². The minimum absolute atomic E-state index is 0.105. The van der Waals surface area contributed by atoms with Gasteiger partial charge in [0, 0.05) is 23.7 Å². The quantitative estimate of drug-likeness (QED) is 0.573. The van der Waals surface area contributed by atoms with Crippen molar-refractivity contribution in [2.45, 2.75) is 19.4 Å². The van der Waals surface area contributed by atoms with Crippen LogP contribution < -0.4 is 11.3 Å². The van der Waals surface area contributed by atoms with Crippen LogP contribution in [-0.4, -0.2) is 9.78 Å². The van der Waals surface area contributed by atoms with Crippen molar-refractivity contribution in [3.63, 3.8) is 0 Å². The molecule has 3 rings (SSSR count). The molecule has 0 radical (unpaired) electrons. The molecule has 5 heteroatoms. The maximum Gasteiger partial charge on any atom is 0.0723 e. The first kappa shape index (κ1) is 13.3. The van der Waals surface area contributed by atoms with Crippen molar-refractivity contribution in [2.75, 3.05) is 0 Å². The Labute approximate surface area is 122 Å². The summed E-state index contributed by atoms with van der Waals surface area (Å²) in [6.07, 6.45) is 0.791. The lowest BCUT2D eigenvalue weighted by atomic mass is 10.0. The number of hydrazine groups is 1. The molecule has 20 heavy (non-hydrogen) atoms. The van der Waals surface area contributed by atoms with Gasteiger partial charge in [0.2, 0.25) is 0 Å². The number of thiophene rings is 1. The largest absolute Gasteiger partial charge is 0.271 e. The molecule has 0 fully saturated rings. The number of nitrogens with one attached hydrogen (secondary N) is 1. The molecule has 0 aliphatic heterocycles. The molecule has 0 bridgehead atoms. The molecule has 1 atom stereocenters. The molecular weight excluding hydrogens is 268 g/mol. The first-order valence-corrected chi connectivity index (χ1v) is 7.49. The van der Waals surface area contributed by atoms with E-state index in [1.807, 2.05) is 17.8 Å². The summed E-state index contributed by atoms with van der Waals surface area (Å²) in [6, 6.07) is 10.5. The van der Waals surface area contributed by atoms with Crippen molar-refractivity contribution in [1.29, 1.82) is 0 Å². The summed E-state index contributed by atoms with van der Waals surface area (Å²) in [7, 11) is 1.98. The lowest BCUT2D eigenvalue weighted by Gasteiger charge is -2.14. The van der Waals surface area contributed by atoms with Gasteiger partial charge in [-0.1, -0.05) is 18.2 Å². The maximum absolute atomic E-state index is 5.75. The normalized spacial score (nSPS) is 12.9. The highest BCUT2D eigenvalue weighted by molar-refractivity contribution is 7.10. The smallest absolute Gasteiger partial charge is 0.0723 e.